The average Bonchev–Trinajstić information content (AvgIpc) is 3.08. The summed E-state index contributed by atoms with van der Waals surface area (Å²) in [6.07, 6.45) is 1.19. The van der Waals surface area contributed by atoms with Crippen molar-refractivity contribution in [3.63, 3.8) is 0 Å². The number of aliphatic carboxylic acids is 2. The molecule has 17 nitrogen and oxygen atoms in total. The number of nitrogens with one attached hydrogen (secondary N) is 5. The fourth-order valence-electron chi connectivity index (χ4n) is 6.03. The van der Waals surface area contributed by atoms with Gasteiger partial charge in [0, 0.05) is 57.1 Å². The van der Waals surface area contributed by atoms with Gasteiger partial charge in [-0.15, -0.1) is 0 Å². The molecule has 1 aliphatic rings. The van der Waals surface area contributed by atoms with Gasteiger partial charge in [0.25, 0.3) is 6.20 Å². The van der Waals surface area contributed by atoms with E-state index in [2.05, 4.69) is 26.6 Å². The van der Waals surface area contributed by atoms with Crippen LogP contribution in [0.3, 0.4) is 0 Å². The number of nitrogens with zero attached hydrogens (tertiary/aromatic N) is 3. The smallest absolute Gasteiger partial charge is 0.327 e. The lowest BCUT2D eigenvalue weighted by Gasteiger charge is -2.37. The van der Waals surface area contributed by atoms with E-state index in [0.717, 1.165) is 11.8 Å². The molecule has 1 aliphatic heterocycles. The summed E-state index contributed by atoms with van der Waals surface area (Å²) in [5.74, 6) is -3.65. The number of anilines is 2. The number of carboxylic acid groups (broad SMARTS) is 2. The van der Waals surface area contributed by atoms with E-state index in [0.29, 0.717) is 43.1 Å². The Hall–Kier alpha value is -5.55. The van der Waals surface area contributed by atoms with Gasteiger partial charge in [0.05, 0.1) is 11.3 Å². The number of amides is 3. The molecular formula is C39H56N8O9. The van der Waals surface area contributed by atoms with Crippen molar-refractivity contribution in [3.8, 4) is 0 Å². The van der Waals surface area contributed by atoms with Crippen LogP contribution < -0.4 is 26.6 Å². The summed E-state index contributed by atoms with van der Waals surface area (Å²) in [5.41, 5.74) is 2.55. The lowest BCUT2D eigenvalue weighted by atomic mass is 9.92. The molecule has 0 spiro atoms. The second kappa shape index (κ2) is 20.9. The summed E-state index contributed by atoms with van der Waals surface area (Å²) in [6.45, 7) is 13.2. The number of rotatable bonds is 20. The molecule has 7 N–H and O–H groups in total. The van der Waals surface area contributed by atoms with Crippen LogP contribution in [0.2, 0.25) is 0 Å². The summed E-state index contributed by atoms with van der Waals surface area (Å²) in [6, 6.07) is 10.7. The van der Waals surface area contributed by atoms with Crippen molar-refractivity contribution in [2.24, 2.45) is 11.3 Å². The second-order valence-electron chi connectivity index (χ2n) is 15.8. The summed E-state index contributed by atoms with van der Waals surface area (Å²) < 4.78 is 0. The maximum absolute atomic E-state index is 13.4. The lowest BCUT2D eigenvalue weighted by molar-refractivity contribution is -0.403. The van der Waals surface area contributed by atoms with Gasteiger partial charge < -0.3 is 36.8 Å². The molecule has 306 valence electrons. The van der Waals surface area contributed by atoms with Crippen LogP contribution in [0, 0.1) is 28.4 Å². The molecule has 1 fully saturated rings. The number of nitro groups is 1. The molecule has 0 radical (unpaired) electrons. The Kier molecular flexibility index (Phi) is 16.8. The Morgan fingerprint density at radius 1 is 0.768 bits per heavy atom. The minimum atomic E-state index is -1.26. The average molecular weight is 781 g/mol. The molecule has 2 aromatic rings. The normalized spacial score (nSPS) is 15.6. The topological polar surface area (TPSA) is 236 Å². The molecule has 3 atom stereocenters. The largest absolute Gasteiger partial charge is 0.480 e. The molecule has 17 heteroatoms. The zero-order valence-electron chi connectivity index (χ0n) is 33.0. The summed E-state index contributed by atoms with van der Waals surface area (Å²) >= 11 is 0. The van der Waals surface area contributed by atoms with Crippen LogP contribution in [-0.2, 0) is 30.4 Å². The zero-order valence-corrected chi connectivity index (χ0v) is 33.0. The minimum absolute atomic E-state index is 0.00142. The summed E-state index contributed by atoms with van der Waals surface area (Å²) in [7, 11) is 0. The molecule has 3 rings (SSSR count). The van der Waals surface area contributed by atoms with E-state index in [1.807, 2.05) is 63.5 Å². The van der Waals surface area contributed by atoms with E-state index >= 15 is 0 Å². The third kappa shape index (κ3) is 16.4. The molecule has 0 aliphatic carbocycles. The highest BCUT2D eigenvalue weighted by Crippen LogP contribution is 2.19. The fourth-order valence-corrected chi connectivity index (χ4v) is 6.03. The third-order valence-corrected chi connectivity index (χ3v) is 8.81. The number of hydrogen-bond donors (Lipinski definition) is 7. The van der Waals surface area contributed by atoms with E-state index < -0.39 is 46.8 Å². The number of aryl methyl sites for hydroxylation is 1. The van der Waals surface area contributed by atoms with Crippen LogP contribution in [0.15, 0.2) is 60.6 Å². The molecular weight excluding hydrogens is 724 g/mol. The van der Waals surface area contributed by atoms with Crippen molar-refractivity contribution in [3.05, 3.63) is 81.8 Å². The van der Waals surface area contributed by atoms with Crippen molar-refractivity contribution < 1.29 is 39.1 Å². The minimum Gasteiger partial charge on any atom is -0.480 e. The Balaban J connectivity index is 1.55. The second-order valence-corrected chi connectivity index (χ2v) is 15.8. The van der Waals surface area contributed by atoms with Gasteiger partial charge in [-0.1, -0.05) is 64.4 Å². The van der Waals surface area contributed by atoms with Gasteiger partial charge in [0.1, 0.15) is 18.1 Å². The highest BCUT2D eigenvalue weighted by molar-refractivity contribution is 5.91. The monoisotopic (exact) mass is 780 g/mol. The first-order chi connectivity index (χ1) is 26.3. The third-order valence-electron chi connectivity index (χ3n) is 8.81. The van der Waals surface area contributed by atoms with E-state index in [4.69, 9.17) is 0 Å². The molecule has 3 unspecified atom stereocenters. The first kappa shape index (κ1) is 44.8. The molecule has 2 aromatic carbocycles. The maximum atomic E-state index is 13.4. The number of hydrogen-bond acceptors (Lipinski definition) is 11. The molecule has 0 bridgehead atoms. The van der Waals surface area contributed by atoms with Crippen LogP contribution in [-0.4, -0.2) is 112 Å². The van der Waals surface area contributed by atoms with Gasteiger partial charge in [-0.2, -0.15) is 0 Å². The lowest BCUT2D eigenvalue weighted by Crippen LogP contribution is -2.58. The Labute approximate surface area is 327 Å². The summed E-state index contributed by atoms with van der Waals surface area (Å²) in [4.78, 5) is 77.5. The first-order valence-corrected chi connectivity index (χ1v) is 18.6. The van der Waals surface area contributed by atoms with Gasteiger partial charge in [-0.05, 0) is 54.5 Å². The number of carbonyl (C=O) groups is 5. The SMILES string of the molecule is Cc1ccc(NC(=C[N+](=O)[O-])Nc2ccc(CC(=O)NC(CC(C)C)C(=O)NC(CN3CCN(CC(NC(=O)CC(C)(C)C)C(=O)O)CC3)C(=O)O)cc2)cc1. The highest BCUT2D eigenvalue weighted by atomic mass is 16.6. The molecule has 1 saturated heterocycles. The van der Waals surface area contributed by atoms with Gasteiger partial charge >= 0.3 is 11.9 Å². The predicted molar refractivity (Wildman–Crippen MR) is 211 cm³/mol. The molecule has 0 aromatic heterocycles. The van der Waals surface area contributed by atoms with Crippen LogP contribution in [0.25, 0.3) is 0 Å². The Morgan fingerprint density at radius 3 is 1.68 bits per heavy atom. The fraction of sp³-hybridized carbons (Fsp3) is 0.513. The van der Waals surface area contributed by atoms with E-state index in [-0.39, 0.29) is 55.4 Å². The number of benzene rings is 2. The van der Waals surface area contributed by atoms with Crippen molar-refractivity contribution in [1.82, 2.24) is 25.8 Å². The zero-order chi connectivity index (χ0) is 41.6. The van der Waals surface area contributed by atoms with Crippen LogP contribution in [0.1, 0.15) is 58.6 Å². The van der Waals surface area contributed by atoms with E-state index in [1.54, 1.807) is 36.4 Å². The van der Waals surface area contributed by atoms with E-state index in [1.165, 1.54) is 0 Å². The van der Waals surface area contributed by atoms with Gasteiger partial charge in [0.15, 0.2) is 5.82 Å². The van der Waals surface area contributed by atoms with Gasteiger partial charge in [0.2, 0.25) is 17.7 Å². The highest BCUT2D eigenvalue weighted by Gasteiger charge is 2.31. The van der Waals surface area contributed by atoms with Crippen LogP contribution in [0.5, 0.6) is 0 Å². The maximum Gasteiger partial charge on any atom is 0.327 e. The van der Waals surface area contributed by atoms with Gasteiger partial charge in [-0.3, -0.25) is 34.3 Å². The molecule has 1 heterocycles. The molecule has 56 heavy (non-hydrogen) atoms. The summed E-state index contributed by atoms with van der Waals surface area (Å²) in [5, 5.41) is 44.8. The number of piperazine rings is 1. The quantitative estimate of drug-likeness (QED) is 0.0758. The predicted octanol–water partition coefficient (Wildman–Crippen LogP) is 2.86. The first-order valence-electron chi connectivity index (χ1n) is 18.6. The van der Waals surface area contributed by atoms with Crippen molar-refractivity contribution in [2.75, 3.05) is 49.9 Å². The van der Waals surface area contributed by atoms with E-state index in [9.17, 15) is 44.3 Å². The Bertz CT molecular complexity index is 1700. The van der Waals surface area contributed by atoms with Crippen molar-refractivity contribution in [1.29, 1.82) is 0 Å². The van der Waals surface area contributed by atoms with Crippen molar-refractivity contribution >= 4 is 41.0 Å². The Morgan fingerprint density at radius 2 is 1.23 bits per heavy atom. The molecule has 3 amide bonds. The standard InChI is InChI=1S/C39H56N8O9/c1-25(2)19-30(42-34(48)20-27-9-13-29(14-10-27)41-33(24-47(55)56)40-28-11-7-26(3)8-12-28)36(50)44-32(38(53)54)23-46-17-15-45(16-18-46)22-31(37(51)52)43-35(49)21-39(4,5)6/h7-14,24-25,30-32,40-41H,15-23H2,1-6H3,(H,42,48)(H,43,49)(H,44,50)(H,51,52)(H,53,54). The number of carboxylic acids is 2. The van der Waals surface area contributed by atoms with Crippen molar-refractivity contribution in [2.45, 2.75) is 78.9 Å². The molecule has 0 saturated carbocycles. The number of carbonyl (C=O) groups excluding carboxylic acids is 3. The van der Waals surface area contributed by atoms with Crippen LogP contribution >= 0.6 is 0 Å². The van der Waals surface area contributed by atoms with Gasteiger partial charge in [-0.25, -0.2) is 9.59 Å². The van der Waals surface area contributed by atoms with Crippen LogP contribution in [0.4, 0.5) is 11.4 Å².